The van der Waals surface area contributed by atoms with E-state index in [1.54, 1.807) is 15.6 Å². The number of aliphatic carboxylic acids is 1. The third-order valence-corrected chi connectivity index (χ3v) is 4.69. The van der Waals surface area contributed by atoms with Crippen molar-refractivity contribution < 1.29 is 14.7 Å². The molecule has 0 bridgehead atoms. The molecule has 2 atom stereocenters. The molecule has 1 fully saturated rings. The Labute approximate surface area is 157 Å². The van der Waals surface area contributed by atoms with Crippen molar-refractivity contribution in [3.63, 3.8) is 0 Å². The van der Waals surface area contributed by atoms with E-state index in [0.717, 1.165) is 0 Å². The maximum atomic E-state index is 12.8. The van der Waals surface area contributed by atoms with Crippen LogP contribution in [0.1, 0.15) is 33.2 Å². The Balaban J connectivity index is 1.83. The molecular weight excluding hydrogens is 348 g/mol. The average molecular weight is 372 g/mol. The molecule has 9 heteroatoms. The second-order valence-corrected chi connectivity index (χ2v) is 7.30. The van der Waals surface area contributed by atoms with Crippen molar-refractivity contribution in [2.24, 2.45) is 11.8 Å². The molecule has 2 heterocycles. The minimum absolute atomic E-state index is 0.0676. The van der Waals surface area contributed by atoms with Crippen LogP contribution in [0.25, 0.3) is 11.4 Å². The van der Waals surface area contributed by atoms with E-state index in [0.29, 0.717) is 30.0 Å². The number of para-hydroxylation sites is 1. The highest BCUT2D eigenvalue weighted by Gasteiger charge is 2.32. The predicted octanol–water partition coefficient (Wildman–Crippen LogP) is 2.50. The molecule has 0 saturated carbocycles. The van der Waals surface area contributed by atoms with E-state index < -0.39 is 11.9 Å². The van der Waals surface area contributed by atoms with Crippen molar-refractivity contribution in [1.29, 1.82) is 0 Å². The Bertz CT molecular complexity index is 834. The smallest absolute Gasteiger partial charge is 0.321 e. The van der Waals surface area contributed by atoms with Crippen LogP contribution in [0.4, 0.5) is 10.5 Å². The van der Waals surface area contributed by atoms with E-state index in [2.05, 4.69) is 20.8 Å². The number of anilines is 1. The van der Waals surface area contributed by atoms with Gasteiger partial charge in [0.25, 0.3) is 0 Å². The van der Waals surface area contributed by atoms with E-state index in [-0.39, 0.29) is 24.5 Å². The van der Waals surface area contributed by atoms with E-state index in [9.17, 15) is 14.7 Å². The third-order valence-electron chi connectivity index (χ3n) is 4.69. The number of likely N-dealkylation sites (tertiary alicyclic amines) is 1. The summed E-state index contributed by atoms with van der Waals surface area (Å²) in [4.78, 5) is 25.7. The van der Waals surface area contributed by atoms with Crippen LogP contribution in [0.2, 0.25) is 0 Å². The number of hydrogen-bond donors (Lipinski definition) is 2. The number of nitrogens with zero attached hydrogens (tertiary/aromatic N) is 5. The van der Waals surface area contributed by atoms with Crippen LogP contribution < -0.4 is 5.32 Å². The molecule has 144 valence electrons. The monoisotopic (exact) mass is 372 g/mol. The molecule has 1 saturated heterocycles. The first-order valence-electron chi connectivity index (χ1n) is 9.02. The number of tetrazole rings is 1. The van der Waals surface area contributed by atoms with Crippen LogP contribution in [0.5, 0.6) is 0 Å². The number of carboxylic acid groups (broad SMARTS) is 1. The number of hydrogen-bond acceptors (Lipinski definition) is 5. The molecule has 0 aliphatic carbocycles. The number of amides is 2. The predicted molar refractivity (Wildman–Crippen MR) is 99.1 cm³/mol. The van der Waals surface area contributed by atoms with Gasteiger partial charge in [-0.15, -0.1) is 5.10 Å². The van der Waals surface area contributed by atoms with Gasteiger partial charge in [-0.25, -0.2) is 9.48 Å². The molecule has 27 heavy (non-hydrogen) atoms. The summed E-state index contributed by atoms with van der Waals surface area (Å²) in [5, 5.41) is 24.1. The number of rotatable bonds is 4. The number of carbonyl (C=O) groups is 2. The summed E-state index contributed by atoms with van der Waals surface area (Å²) in [6.07, 6.45) is 0.582. The van der Waals surface area contributed by atoms with Crippen molar-refractivity contribution in [3.05, 3.63) is 24.3 Å². The van der Waals surface area contributed by atoms with Crippen LogP contribution >= 0.6 is 0 Å². The molecule has 1 aromatic carbocycles. The zero-order valence-electron chi connectivity index (χ0n) is 15.7. The Morgan fingerprint density at radius 2 is 2.00 bits per heavy atom. The van der Waals surface area contributed by atoms with Gasteiger partial charge >= 0.3 is 12.0 Å². The van der Waals surface area contributed by atoms with Gasteiger partial charge in [-0.2, -0.15) is 0 Å². The average Bonchev–Trinajstić information content (AvgIpc) is 3.11. The molecule has 1 aliphatic rings. The van der Waals surface area contributed by atoms with E-state index in [1.165, 1.54) is 0 Å². The summed E-state index contributed by atoms with van der Waals surface area (Å²) < 4.78 is 1.69. The second kappa shape index (κ2) is 7.73. The van der Waals surface area contributed by atoms with Gasteiger partial charge in [-0.1, -0.05) is 19.1 Å². The lowest BCUT2D eigenvalue weighted by atomic mass is 9.91. The molecule has 1 aliphatic heterocycles. The fraction of sp³-hybridized carbons (Fsp3) is 0.500. The minimum atomic E-state index is -0.865. The van der Waals surface area contributed by atoms with Gasteiger partial charge in [0.2, 0.25) is 0 Å². The largest absolute Gasteiger partial charge is 0.481 e. The van der Waals surface area contributed by atoms with Crippen molar-refractivity contribution in [1.82, 2.24) is 25.1 Å². The highest BCUT2D eigenvalue weighted by atomic mass is 16.4. The minimum Gasteiger partial charge on any atom is -0.481 e. The molecule has 2 amide bonds. The number of carbonyl (C=O) groups excluding carboxylic acids is 1. The van der Waals surface area contributed by atoms with Gasteiger partial charge in [0.1, 0.15) is 0 Å². The zero-order valence-corrected chi connectivity index (χ0v) is 15.7. The fourth-order valence-electron chi connectivity index (χ4n) is 3.40. The number of piperidine rings is 1. The van der Waals surface area contributed by atoms with Crippen LogP contribution in [0.3, 0.4) is 0 Å². The summed E-state index contributed by atoms with van der Waals surface area (Å²) in [5.41, 5.74) is 1.30. The number of carboxylic acids is 1. The van der Waals surface area contributed by atoms with Gasteiger partial charge in [0.05, 0.1) is 17.6 Å². The first-order valence-corrected chi connectivity index (χ1v) is 9.02. The van der Waals surface area contributed by atoms with Crippen molar-refractivity contribution >= 4 is 17.7 Å². The first kappa shape index (κ1) is 18.8. The molecule has 1 aromatic heterocycles. The summed E-state index contributed by atoms with van der Waals surface area (Å²) >= 11 is 0. The molecular formula is C18H24N6O3. The van der Waals surface area contributed by atoms with E-state index in [4.69, 9.17) is 0 Å². The lowest BCUT2D eigenvalue weighted by Crippen LogP contribution is -2.47. The standard InChI is InChI=1S/C18H24N6O3/c1-11(2)24-16(20-21-22-24)14-6-4-5-7-15(14)19-18(27)23-9-12(3)8-13(10-23)17(25)26/h4-7,11-13H,8-10H2,1-3H3,(H,19,27)(H,25,26). The summed E-state index contributed by atoms with van der Waals surface area (Å²) in [7, 11) is 0. The quantitative estimate of drug-likeness (QED) is 0.852. The number of benzene rings is 1. The topological polar surface area (TPSA) is 113 Å². The summed E-state index contributed by atoms with van der Waals surface area (Å²) in [6.45, 7) is 6.64. The Morgan fingerprint density at radius 1 is 1.26 bits per heavy atom. The molecule has 2 N–H and O–H groups in total. The Kier molecular flexibility index (Phi) is 5.38. The summed E-state index contributed by atoms with van der Waals surface area (Å²) in [5.74, 6) is -0.704. The van der Waals surface area contributed by atoms with Crippen LogP contribution in [-0.4, -0.2) is 55.3 Å². The van der Waals surface area contributed by atoms with Crippen LogP contribution in [0, 0.1) is 11.8 Å². The zero-order chi connectivity index (χ0) is 19.6. The number of aromatic nitrogens is 4. The molecule has 9 nitrogen and oxygen atoms in total. The normalized spacial score (nSPS) is 19.9. The molecule has 3 rings (SSSR count). The van der Waals surface area contributed by atoms with Gasteiger partial charge in [-0.05, 0) is 48.7 Å². The maximum Gasteiger partial charge on any atom is 0.321 e. The molecule has 2 unspecified atom stereocenters. The second-order valence-electron chi connectivity index (χ2n) is 7.30. The number of nitrogens with one attached hydrogen (secondary N) is 1. The summed E-state index contributed by atoms with van der Waals surface area (Å²) in [6, 6.07) is 7.06. The Hall–Kier alpha value is -2.97. The van der Waals surface area contributed by atoms with E-state index in [1.807, 2.05) is 39.0 Å². The Morgan fingerprint density at radius 3 is 2.70 bits per heavy atom. The van der Waals surface area contributed by atoms with Gasteiger partial charge < -0.3 is 15.3 Å². The van der Waals surface area contributed by atoms with Gasteiger partial charge in [0.15, 0.2) is 5.82 Å². The first-order chi connectivity index (χ1) is 12.9. The molecule has 2 aromatic rings. The third kappa shape index (κ3) is 4.07. The van der Waals surface area contributed by atoms with Crippen LogP contribution in [-0.2, 0) is 4.79 Å². The van der Waals surface area contributed by atoms with Gasteiger partial charge in [-0.3, -0.25) is 4.79 Å². The maximum absolute atomic E-state index is 12.8. The molecule has 0 radical (unpaired) electrons. The van der Waals surface area contributed by atoms with Crippen molar-refractivity contribution in [2.75, 3.05) is 18.4 Å². The van der Waals surface area contributed by atoms with Gasteiger partial charge in [0, 0.05) is 18.7 Å². The number of urea groups is 1. The highest BCUT2D eigenvalue weighted by molar-refractivity contribution is 5.94. The highest BCUT2D eigenvalue weighted by Crippen LogP contribution is 2.28. The molecule has 0 spiro atoms. The van der Waals surface area contributed by atoms with Crippen molar-refractivity contribution in [2.45, 2.75) is 33.2 Å². The SMILES string of the molecule is CC1CC(C(=O)O)CN(C(=O)Nc2ccccc2-c2nnnn2C(C)C)C1. The lowest BCUT2D eigenvalue weighted by Gasteiger charge is -2.34. The van der Waals surface area contributed by atoms with Crippen LogP contribution in [0.15, 0.2) is 24.3 Å². The van der Waals surface area contributed by atoms with Crippen molar-refractivity contribution in [3.8, 4) is 11.4 Å². The van der Waals surface area contributed by atoms with E-state index >= 15 is 0 Å². The lowest BCUT2D eigenvalue weighted by molar-refractivity contribution is -0.143. The fourth-order valence-corrected chi connectivity index (χ4v) is 3.40.